The number of aromatic nitrogens is 1. The van der Waals surface area contributed by atoms with Crippen LogP contribution in [0.1, 0.15) is 10.5 Å². The smallest absolute Gasteiger partial charge is 0.358 e. The molecule has 1 aromatic carbocycles. The highest BCUT2D eigenvalue weighted by Gasteiger charge is 2.18. The largest absolute Gasteiger partial charge is 0.476 e. The Bertz CT molecular complexity index is 594. The van der Waals surface area contributed by atoms with Gasteiger partial charge in [-0.15, -0.1) is 0 Å². The van der Waals surface area contributed by atoms with Gasteiger partial charge in [-0.3, -0.25) is 0 Å². The number of hydrogen-bond donors (Lipinski definition) is 1. The number of rotatable bonds is 2. The Labute approximate surface area is 92.3 Å². The van der Waals surface area contributed by atoms with Gasteiger partial charge in [-0.2, -0.15) is 0 Å². The molecule has 2 rings (SSSR count). The van der Waals surface area contributed by atoms with Gasteiger partial charge in [-0.05, 0) is 6.07 Å². The van der Waals surface area contributed by atoms with Gasteiger partial charge >= 0.3 is 5.97 Å². The van der Waals surface area contributed by atoms with Gasteiger partial charge in [-0.1, -0.05) is 5.16 Å². The highest BCUT2D eigenvalue weighted by Crippen LogP contribution is 2.26. The molecule has 0 bridgehead atoms. The van der Waals surface area contributed by atoms with E-state index in [-0.39, 0.29) is 5.76 Å². The molecule has 0 unspecified atom stereocenters. The van der Waals surface area contributed by atoms with Crippen LogP contribution >= 0.6 is 0 Å². The van der Waals surface area contributed by atoms with Crippen molar-refractivity contribution < 1.29 is 27.6 Å². The first-order chi connectivity index (χ1) is 7.99. The zero-order valence-electron chi connectivity index (χ0n) is 8.08. The highest BCUT2D eigenvalue weighted by atomic mass is 19.2. The molecule has 2 aromatic rings. The van der Waals surface area contributed by atoms with Crippen molar-refractivity contribution in [2.24, 2.45) is 0 Å². The first-order valence-electron chi connectivity index (χ1n) is 4.34. The Balaban J connectivity index is 2.56. The molecule has 1 aromatic heterocycles. The fraction of sp³-hybridized carbons (Fsp3) is 0. The molecule has 0 spiro atoms. The number of carbonyl (C=O) groups is 1. The minimum Gasteiger partial charge on any atom is -0.476 e. The van der Waals surface area contributed by atoms with Crippen LogP contribution in [-0.4, -0.2) is 16.2 Å². The molecule has 88 valence electrons. The van der Waals surface area contributed by atoms with E-state index in [0.717, 1.165) is 6.07 Å². The summed E-state index contributed by atoms with van der Waals surface area (Å²) in [4.78, 5) is 10.5. The lowest BCUT2D eigenvalue weighted by Crippen LogP contribution is -1.94. The number of halogens is 3. The molecule has 7 heteroatoms. The second kappa shape index (κ2) is 3.93. The third-order valence-corrected chi connectivity index (χ3v) is 1.99. The van der Waals surface area contributed by atoms with E-state index in [1.54, 1.807) is 0 Å². The SMILES string of the molecule is O=C(O)c1cc(-c2cc(F)cc(F)c2F)on1. The van der Waals surface area contributed by atoms with Crippen LogP contribution in [0.5, 0.6) is 0 Å². The first-order valence-corrected chi connectivity index (χ1v) is 4.34. The van der Waals surface area contributed by atoms with Crippen LogP contribution in [0.3, 0.4) is 0 Å². The van der Waals surface area contributed by atoms with Crippen LogP contribution in [0.4, 0.5) is 13.2 Å². The van der Waals surface area contributed by atoms with E-state index in [0.29, 0.717) is 12.1 Å². The maximum absolute atomic E-state index is 13.3. The molecule has 1 N–H and O–H groups in total. The van der Waals surface area contributed by atoms with Crippen LogP contribution in [0.15, 0.2) is 22.7 Å². The van der Waals surface area contributed by atoms with E-state index in [1.165, 1.54) is 0 Å². The molecule has 17 heavy (non-hydrogen) atoms. The van der Waals surface area contributed by atoms with E-state index < -0.39 is 34.7 Å². The van der Waals surface area contributed by atoms with Gasteiger partial charge in [0.15, 0.2) is 23.1 Å². The third kappa shape index (κ3) is 1.99. The average molecular weight is 243 g/mol. The van der Waals surface area contributed by atoms with Crippen LogP contribution in [-0.2, 0) is 0 Å². The zero-order chi connectivity index (χ0) is 12.6. The number of aromatic carboxylic acids is 1. The fourth-order valence-electron chi connectivity index (χ4n) is 1.24. The van der Waals surface area contributed by atoms with Crippen LogP contribution in [0.2, 0.25) is 0 Å². The predicted octanol–water partition coefficient (Wildman–Crippen LogP) is 2.46. The van der Waals surface area contributed by atoms with E-state index in [4.69, 9.17) is 5.11 Å². The summed E-state index contributed by atoms with van der Waals surface area (Å²) >= 11 is 0. The summed E-state index contributed by atoms with van der Waals surface area (Å²) in [6, 6.07) is 1.93. The minimum atomic E-state index is -1.40. The van der Waals surface area contributed by atoms with Crippen LogP contribution < -0.4 is 0 Å². The number of carboxylic acids is 1. The Morgan fingerprint density at radius 2 is 1.94 bits per heavy atom. The van der Waals surface area contributed by atoms with Crippen molar-refractivity contribution in [1.82, 2.24) is 5.16 Å². The molecule has 0 aliphatic heterocycles. The Morgan fingerprint density at radius 3 is 2.53 bits per heavy atom. The summed E-state index contributed by atoms with van der Waals surface area (Å²) in [5.41, 5.74) is -1.01. The van der Waals surface area contributed by atoms with Gasteiger partial charge in [0.05, 0.1) is 5.56 Å². The van der Waals surface area contributed by atoms with Crippen LogP contribution in [0, 0.1) is 17.5 Å². The number of nitrogens with zero attached hydrogens (tertiary/aromatic N) is 1. The van der Waals surface area contributed by atoms with Gasteiger partial charge in [0.1, 0.15) is 5.82 Å². The topological polar surface area (TPSA) is 63.3 Å². The van der Waals surface area contributed by atoms with Crippen molar-refractivity contribution in [3.63, 3.8) is 0 Å². The lowest BCUT2D eigenvalue weighted by atomic mass is 10.1. The van der Waals surface area contributed by atoms with Crippen molar-refractivity contribution in [1.29, 1.82) is 0 Å². The van der Waals surface area contributed by atoms with E-state index >= 15 is 0 Å². The molecule has 0 aliphatic carbocycles. The number of hydrogen-bond acceptors (Lipinski definition) is 3. The minimum absolute atomic E-state index is 0.363. The Kier molecular flexibility index (Phi) is 2.58. The molecule has 0 atom stereocenters. The molecule has 0 amide bonds. The maximum atomic E-state index is 13.3. The normalized spacial score (nSPS) is 10.5. The quantitative estimate of drug-likeness (QED) is 0.823. The number of carboxylic acid groups (broad SMARTS) is 1. The Hall–Kier alpha value is -2.31. The summed E-state index contributed by atoms with van der Waals surface area (Å²) in [6.07, 6.45) is 0. The van der Waals surface area contributed by atoms with E-state index in [2.05, 4.69) is 9.68 Å². The van der Waals surface area contributed by atoms with Crippen molar-refractivity contribution in [2.45, 2.75) is 0 Å². The average Bonchev–Trinajstić information content (AvgIpc) is 2.72. The Morgan fingerprint density at radius 1 is 1.24 bits per heavy atom. The molecule has 0 saturated carbocycles. The van der Waals surface area contributed by atoms with E-state index in [1.807, 2.05) is 0 Å². The van der Waals surface area contributed by atoms with Crippen molar-refractivity contribution in [3.8, 4) is 11.3 Å². The summed E-state index contributed by atoms with van der Waals surface area (Å²) in [5, 5.41) is 11.7. The molecular weight excluding hydrogens is 239 g/mol. The molecule has 0 saturated heterocycles. The van der Waals surface area contributed by atoms with Gasteiger partial charge in [-0.25, -0.2) is 18.0 Å². The number of benzene rings is 1. The summed E-state index contributed by atoms with van der Waals surface area (Å²) < 4.78 is 43.6. The molecule has 0 aliphatic rings. The maximum Gasteiger partial charge on any atom is 0.358 e. The second-order valence-electron chi connectivity index (χ2n) is 3.13. The fourth-order valence-corrected chi connectivity index (χ4v) is 1.24. The summed E-state index contributed by atoms with van der Waals surface area (Å²) in [6.45, 7) is 0. The van der Waals surface area contributed by atoms with Gasteiger partial charge in [0.2, 0.25) is 0 Å². The predicted molar refractivity (Wildman–Crippen MR) is 48.8 cm³/mol. The van der Waals surface area contributed by atoms with Crippen molar-refractivity contribution >= 4 is 5.97 Å². The second-order valence-corrected chi connectivity index (χ2v) is 3.13. The molecule has 0 radical (unpaired) electrons. The lowest BCUT2D eigenvalue weighted by molar-refractivity contribution is 0.0686. The van der Waals surface area contributed by atoms with Gasteiger partial charge < -0.3 is 9.63 Å². The van der Waals surface area contributed by atoms with Crippen molar-refractivity contribution in [3.05, 3.63) is 41.3 Å². The summed E-state index contributed by atoms with van der Waals surface area (Å²) in [5.74, 6) is -5.49. The van der Waals surface area contributed by atoms with Gasteiger partial charge in [0.25, 0.3) is 0 Å². The molecule has 0 fully saturated rings. The van der Waals surface area contributed by atoms with Crippen molar-refractivity contribution in [2.75, 3.05) is 0 Å². The highest BCUT2D eigenvalue weighted by molar-refractivity contribution is 5.86. The third-order valence-electron chi connectivity index (χ3n) is 1.99. The first kappa shape index (κ1) is 11.2. The molecular formula is C10H4F3NO3. The molecule has 4 nitrogen and oxygen atoms in total. The van der Waals surface area contributed by atoms with Crippen LogP contribution in [0.25, 0.3) is 11.3 Å². The zero-order valence-corrected chi connectivity index (χ0v) is 8.08. The standard InChI is InChI=1S/C10H4F3NO3/c11-4-1-5(9(13)6(12)2-4)8-3-7(10(15)16)14-17-8/h1-3H,(H,15,16). The molecule has 1 heterocycles. The lowest BCUT2D eigenvalue weighted by Gasteiger charge is -1.99. The van der Waals surface area contributed by atoms with E-state index in [9.17, 15) is 18.0 Å². The van der Waals surface area contributed by atoms with Gasteiger partial charge in [0, 0.05) is 12.1 Å². The summed E-state index contributed by atoms with van der Waals surface area (Å²) in [7, 11) is 0. The monoisotopic (exact) mass is 243 g/mol.